The van der Waals surface area contributed by atoms with Gasteiger partial charge in [0.05, 0.1) is 11.4 Å². The molecule has 3 rings (SSSR count). The minimum absolute atomic E-state index is 0.277. The van der Waals surface area contributed by atoms with Gasteiger partial charge in [-0.25, -0.2) is 9.07 Å². The van der Waals surface area contributed by atoms with E-state index >= 15 is 0 Å². The highest BCUT2D eigenvalue weighted by Crippen LogP contribution is 2.20. The molecule has 0 radical (unpaired) electrons. The lowest BCUT2D eigenvalue weighted by molar-refractivity contribution is 0.624. The van der Waals surface area contributed by atoms with Crippen LogP contribution in [-0.4, -0.2) is 17.4 Å². The van der Waals surface area contributed by atoms with Crippen molar-refractivity contribution in [1.82, 2.24) is 4.68 Å². The predicted molar refractivity (Wildman–Crippen MR) is 93.2 cm³/mol. The SMILES string of the molecule is CN=c1scc(-c2ccccc2)n1N=C(C)c1ccccc1F. The van der Waals surface area contributed by atoms with Crippen LogP contribution in [-0.2, 0) is 0 Å². The third-order valence-corrected chi connectivity index (χ3v) is 4.37. The van der Waals surface area contributed by atoms with Crippen molar-refractivity contribution in [3.05, 3.63) is 76.2 Å². The highest BCUT2D eigenvalue weighted by atomic mass is 32.1. The van der Waals surface area contributed by atoms with E-state index in [1.165, 1.54) is 17.4 Å². The summed E-state index contributed by atoms with van der Waals surface area (Å²) >= 11 is 1.51. The van der Waals surface area contributed by atoms with Crippen LogP contribution in [0.3, 0.4) is 0 Å². The van der Waals surface area contributed by atoms with Crippen molar-refractivity contribution in [3.8, 4) is 11.3 Å². The summed E-state index contributed by atoms with van der Waals surface area (Å²) in [7, 11) is 1.73. The molecule has 0 saturated carbocycles. The Bertz CT molecular complexity index is 907. The Labute approximate surface area is 138 Å². The van der Waals surface area contributed by atoms with E-state index in [9.17, 15) is 4.39 Å². The molecule has 0 saturated heterocycles. The summed E-state index contributed by atoms with van der Waals surface area (Å²) in [6.45, 7) is 1.80. The minimum atomic E-state index is -0.277. The largest absolute Gasteiger partial charge is 0.261 e. The number of benzene rings is 2. The molecular formula is C18H16FN3S. The standard InChI is InChI=1S/C18H16FN3S/c1-13(15-10-6-7-11-16(15)19)21-22-17(12-23-18(22)20-2)14-8-4-3-5-9-14/h3-12H,1-2H3. The summed E-state index contributed by atoms with van der Waals surface area (Å²) in [5.74, 6) is -0.277. The fourth-order valence-corrected chi connectivity index (χ4v) is 3.11. The minimum Gasteiger partial charge on any atom is -0.261 e. The van der Waals surface area contributed by atoms with Gasteiger partial charge < -0.3 is 0 Å². The smallest absolute Gasteiger partial charge is 0.205 e. The van der Waals surface area contributed by atoms with E-state index in [4.69, 9.17) is 0 Å². The number of thiazole rings is 1. The Balaban J connectivity index is 2.15. The molecule has 5 heteroatoms. The molecule has 0 unspecified atom stereocenters. The van der Waals surface area contributed by atoms with Crippen molar-refractivity contribution in [2.24, 2.45) is 10.1 Å². The van der Waals surface area contributed by atoms with Gasteiger partial charge in [0.25, 0.3) is 0 Å². The fourth-order valence-electron chi connectivity index (χ4n) is 2.31. The molecule has 0 amide bonds. The second-order valence-corrected chi connectivity index (χ2v) is 5.81. The molecular weight excluding hydrogens is 309 g/mol. The molecule has 0 N–H and O–H groups in total. The van der Waals surface area contributed by atoms with Gasteiger partial charge >= 0.3 is 0 Å². The van der Waals surface area contributed by atoms with Crippen molar-refractivity contribution in [1.29, 1.82) is 0 Å². The van der Waals surface area contributed by atoms with Crippen LogP contribution in [0.15, 0.2) is 70.1 Å². The lowest BCUT2D eigenvalue weighted by Crippen LogP contribution is -2.14. The Kier molecular flexibility index (Phi) is 4.48. The summed E-state index contributed by atoms with van der Waals surface area (Å²) in [5.41, 5.74) is 3.08. The fraction of sp³-hybridized carbons (Fsp3) is 0.111. The molecule has 23 heavy (non-hydrogen) atoms. The highest BCUT2D eigenvalue weighted by Gasteiger charge is 2.09. The topological polar surface area (TPSA) is 29.6 Å². The maximum Gasteiger partial charge on any atom is 0.205 e. The van der Waals surface area contributed by atoms with Gasteiger partial charge in [-0.15, -0.1) is 11.3 Å². The van der Waals surface area contributed by atoms with Gasteiger partial charge in [0.15, 0.2) is 0 Å². The molecule has 3 nitrogen and oxygen atoms in total. The van der Waals surface area contributed by atoms with Crippen molar-refractivity contribution >= 4 is 17.0 Å². The van der Waals surface area contributed by atoms with E-state index in [0.29, 0.717) is 11.3 Å². The Hall–Kier alpha value is -2.53. The number of rotatable bonds is 3. The van der Waals surface area contributed by atoms with E-state index in [1.54, 1.807) is 36.8 Å². The van der Waals surface area contributed by atoms with Crippen LogP contribution in [0.1, 0.15) is 12.5 Å². The summed E-state index contributed by atoms with van der Waals surface area (Å²) in [6.07, 6.45) is 0. The molecule has 0 bridgehead atoms. The van der Waals surface area contributed by atoms with Gasteiger partial charge in [0.2, 0.25) is 4.80 Å². The first-order valence-corrected chi connectivity index (χ1v) is 8.08. The third kappa shape index (κ3) is 3.14. The van der Waals surface area contributed by atoms with Crippen molar-refractivity contribution in [2.45, 2.75) is 6.92 Å². The van der Waals surface area contributed by atoms with Crippen LogP contribution in [0.5, 0.6) is 0 Å². The van der Waals surface area contributed by atoms with E-state index in [0.717, 1.165) is 16.1 Å². The van der Waals surface area contributed by atoms with Crippen LogP contribution in [0, 0.1) is 5.82 Å². The lowest BCUT2D eigenvalue weighted by atomic mass is 10.1. The lowest BCUT2D eigenvalue weighted by Gasteiger charge is -2.06. The molecule has 0 atom stereocenters. The Morgan fingerprint density at radius 1 is 1.04 bits per heavy atom. The summed E-state index contributed by atoms with van der Waals surface area (Å²) < 4.78 is 15.7. The molecule has 0 aliphatic rings. The zero-order valence-electron chi connectivity index (χ0n) is 12.9. The van der Waals surface area contributed by atoms with Crippen LogP contribution in [0.4, 0.5) is 4.39 Å². The van der Waals surface area contributed by atoms with Crippen LogP contribution in [0.25, 0.3) is 11.3 Å². The summed E-state index contributed by atoms with van der Waals surface area (Å²) in [4.78, 5) is 5.03. The number of nitrogens with zero attached hydrogens (tertiary/aromatic N) is 3. The summed E-state index contributed by atoms with van der Waals surface area (Å²) in [5, 5.41) is 6.62. The number of halogens is 1. The van der Waals surface area contributed by atoms with Gasteiger partial charge in [-0.1, -0.05) is 48.5 Å². The van der Waals surface area contributed by atoms with Gasteiger partial charge in [0.1, 0.15) is 5.82 Å². The maximum atomic E-state index is 14.0. The van der Waals surface area contributed by atoms with Crippen molar-refractivity contribution in [2.75, 3.05) is 7.05 Å². The molecule has 116 valence electrons. The van der Waals surface area contributed by atoms with Crippen molar-refractivity contribution < 1.29 is 4.39 Å². The van der Waals surface area contributed by atoms with Crippen LogP contribution in [0.2, 0.25) is 0 Å². The number of hydrogen-bond acceptors (Lipinski definition) is 3. The van der Waals surface area contributed by atoms with Crippen molar-refractivity contribution in [3.63, 3.8) is 0 Å². The average molecular weight is 325 g/mol. The third-order valence-electron chi connectivity index (χ3n) is 3.46. The molecule has 0 spiro atoms. The quantitative estimate of drug-likeness (QED) is 0.647. The second kappa shape index (κ2) is 6.71. The molecule has 2 aromatic carbocycles. The average Bonchev–Trinajstić information content (AvgIpc) is 2.98. The zero-order valence-corrected chi connectivity index (χ0v) is 13.7. The second-order valence-electron chi connectivity index (χ2n) is 4.97. The van der Waals surface area contributed by atoms with Crippen LogP contribution >= 0.6 is 11.3 Å². The molecule has 1 aromatic heterocycles. The van der Waals surface area contributed by atoms with E-state index in [1.807, 2.05) is 35.7 Å². The molecule has 0 aliphatic carbocycles. The Morgan fingerprint density at radius 3 is 2.43 bits per heavy atom. The first kappa shape index (κ1) is 15.4. The van der Waals surface area contributed by atoms with Crippen LogP contribution < -0.4 is 4.80 Å². The molecule has 1 heterocycles. The molecule has 0 aliphatic heterocycles. The molecule has 0 fully saturated rings. The Morgan fingerprint density at radius 2 is 1.74 bits per heavy atom. The van der Waals surface area contributed by atoms with E-state index in [-0.39, 0.29) is 5.82 Å². The number of aromatic nitrogens is 1. The predicted octanol–water partition coefficient (Wildman–Crippen LogP) is 4.16. The van der Waals surface area contributed by atoms with E-state index in [2.05, 4.69) is 10.1 Å². The normalized spacial score (nSPS) is 12.7. The maximum absolute atomic E-state index is 14.0. The molecule has 3 aromatic rings. The number of hydrogen-bond donors (Lipinski definition) is 0. The van der Waals surface area contributed by atoms with Gasteiger partial charge in [-0.3, -0.25) is 4.99 Å². The monoisotopic (exact) mass is 325 g/mol. The first-order valence-electron chi connectivity index (χ1n) is 7.20. The highest BCUT2D eigenvalue weighted by molar-refractivity contribution is 7.07. The van der Waals surface area contributed by atoms with E-state index < -0.39 is 0 Å². The van der Waals surface area contributed by atoms with Gasteiger partial charge in [-0.2, -0.15) is 5.10 Å². The van der Waals surface area contributed by atoms with Gasteiger partial charge in [-0.05, 0) is 13.0 Å². The zero-order chi connectivity index (χ0) is 16.2. The van der Waals surface area contributed by atoms with Gasteiger partial charge in [0, 0.05) is 23.6 Å². The summed E-state index contributed by atoms with van der Waals surface area (Å²) in [6, 6.07) is 16.6. The first-order chi connectivity index (χ1) is 11.2.